The number of hydrogen-bond donors (Lipinski definition) is 2. The molecule has 0 aliphatic carbocycles. The molecule has 0 spiro atoms. The van der Waals surface area contributed by atoms with Crippen molar-refractivity contribution in [3.63, 3.8) is 0 Å². The van der Waals surface area contributed by atoms with Crippen LogP contribution in [-0.2, 0) is 14.3 Å². The van der Waals surface area contributed by atoms with Crippen molar-refractivity contribution >= 4 is 29.6 Å². The van der Waals surface area contributed by atoms with E-state index >= 15 is 0 Å². The van der Waals surface area contributed by atoms with Gasteiger partial charge in [-0.1, -0.05) is 6.07 Å². The van der Waals surface area contributed by atoms with Crippen LogP contribution in [0.15, 0.2) is 42.5 Å². The van der Waals surface area contributed by atoms with Crippen molar-refractivity contribution in [3.8, 4) is 17.2 Å². The lowest BCUT2D eigenvalue weighted by Crippen LogP contribution is -2.09. The van der Waals surface area contributed by atoms with Crippen LogP contribution in [0.25, 0.3) is 6.08 Å². The molecule has 2 rings (SSSR count). The number of nitrogens with one attached hydrogen (secondary N) is 1. The molecule has 146 valence electrons. The topological polar surface area (TPSA) is 111 Å². The van der Waals surface area contributed by atoms with E-state index in [9.17, 15) is 19.5 Å². The Labute approximate surface area is 161 Å². The summed E-state index contributed by atoms with van der Waals surface area (Å²) in [5, 5.41) is 12.4. The van der Waals surface area contributed by atoms with Gasteiger partial charge in [-0.3, -0.25) is 9.59 Å². The summed E-state index contributed by atoms with van der Waals surface area (Å²) in [4.78, 5) is 34.6. The van der Waals surface area contributed by atoms with Crippen LogP contribution in [0, 0.1) is 0 Å². The molecule has 2 aromatic rings. The number of esters is 2. The van der Waals surface area contributed by atoms with Gasteiger partial charge in [-0.15, -0.1) is 0 Å². The van der Waals surface area contributed by atoms with Gasteiger partial charge in [0.15, 0.2) is 11.5 Å². The van der Waals surface area contributed by atoms with Gasteiger partial charge in [0.05, 0.1) is 25.5 Å². The average molecular weight is 385 g/mol. The van der Waals surface area contributed by atoms with E-state index < -0.39 is 17.8 Å². The van der Waals surface area contributed by atoms with E-state index in [-0.39, 0.29) is 22.7 Å². The van der Waals surface area contributed by atoms with E-state index in [0.717, 1.165) is 0 Å². The van der Waals surface area contributed by atoms with E-state index in [2.05, 4.69) is 10.1 Å². The highest BCUT2D eigenvalue weighted by Gasteiger charge is 2.11. The van der Waals surface area contributed by atoms with Crippen molar-refractivity contribution in [3.05, 3.63) is 53.6 Å². The van der Waals surface area contributed by atoms with E-state index in [4.69, 9.17) is 9.47 Å². The van der Waals surface area contributed by atoms with E-state index in [1.165, 1.54) is 51.5 Å². The van der Waals surface area contributed by atoms with Crippen molar-refractivity contribution in [1.82, 2.24) is 0 Å². The maximum Gasteiger partial charge on any atom is 0.337 e. The van der Waals surface area contributed by atoms with E-state index in [1.54, 1.807) is 18.2 Å². The molecule has 2 N–H and O–H groups in total. The number of ether oxygens (including phenoxy) is 3. The van der Waals surface area contributed by atoms with E-state index in [0.29, 0.717) is 11.3 Å². The molecule has 8 nitrogen and oxygen atoms in total. The molecule has 28 heavy (non-hydrogen) atoms. The first kappa shape index (κ1) is 20.5. The highest BCUT2D eigenvalue weighted by atomic mass is 16.6. The first-order valence-electron chi connectivity index (χ1n) is 8.11. The lowest BCUT2D eigenvalue weighted by molar-refractivity contribution is -0.132. The minimum Gasteiger partial charge on any atom is -0.506 e. The Kier molecular flexibility index (Phi) is 6.75. The number of carbonyl (C=O) groups is 3. The van der Waals surface area contributed by atoms with Gasteiger partial charge in [-0.25, -0.2) is 4.79 Å². The lowest BCUT2D eigenvalue weighted by Gasteiger charge is -2.08. The quantitative estimate of drug-likeness (QED) is 0.340. The smallest absolute Gasteiger partial charge is 0.337 e. The number of benzene rings is 2. The van der Waals surface area contributed by atoms with E-state index in [1.807, 2.05) is 0 Å². The molecule has 0 unspecified atom stereocenters. The molecule has 1 amide bonds. The van der Waals surface area contributed by atoms with Crippen LogP contribution >= 0.6 is 0 Å². The molecule has 0 saturated heterocycles. The fourth-order valence-corrected chi connectivity index (χ4v) is 2.26. The van der Waals surface area contributed by atoms with Crippen LogP contribution in [0.4, 0.5) is 5.69 Å². The highest BCUT2D eigenvalue weighted by molar-refractivity contribution is 6.03. The number of anilines is 1. The average Bonchev–Trinajstić information content (AvgIpc) is 2.67. The third-order valence-electron chi connectivity index (χ3n) is 3.55. The Bertz CT molecular complexity index is 934. The number of amides is 1. The van der Waals surface area contributed by atoms with Gasteiger partial charge < -0.3 is 24.6 Å². The molecule has 0 atom stereocenters. The second kappa shape index (κ2) is 9.22. The second-order valence-electron chi connectivity index (χ2n) is 5.55. The zero-order valence-corrected chi connectivity index (χ0v) is 15.5. The summed E-state index contributed by atoms with van der Waals surface area (Å²) in [7, 11) is 2.66. The summed E-state index contributed by atoms with van der Waals surface area (Å²) in [6.45, 7) is 1.28. The van der Waals surface area contributed by atoms with Gasteiger partial charge in [-0.2, -0.15) is 0 Å². The van der Waals surface area contributed by atoms with Crippen molar-refractivity contribution in [2.45, 2.75) is 6.92 Å². The SMILES string of the molecule is COC(=O)c1ccc(NC(=O)/C=C/c2ccc(OC(C)=O)c(OC)c2)c(O)c1. The molecule has 2 aromatic carbocycles. The summed E-state index contributed by atoms with van der Waals surface area (Å²) in [6.07, 6.45) is 2.78. The Morgan fingerprint density at radius 1 is 1.04 bits per heavy atom. The summed E-state index contributed by atoms with van der Waals surface area (Å²) >= 11 is 0. The van der Waals surface area contributed by atoms with Gasteiger partial charge in [-0.05, 0) is 42.0 Å². The molecule has 0 aromatic heterocycles. The third kappa shape index (κ3) is 5.34. The summed E-state index contributed by atoms with van der Waals surface area (Å²) in [5.74, 6) is -1.22. The third-order valence-corrected chi connectivity index (χ3v) is 3.55. The monoisotopic (exact) mass is 385 g/mol. The second-order valence-corrected chi connectivity index (χ2v) is 5.55. The minimum absolute atomic E-state index is 0.144. The summed E-state index contributed by atoms with van der Waals surface area (Å²) < 4.78 is 14.7. The molecule has 0 radical (unpaired) electrons. The predicted molar refractivity (Wildman–Crippen MR) is 101 cm³/mol. The molecule has 0 fully saturated rings. The van der Waals surface area contributed by atoms with Crippen LogP contribution in [0.5, 0.6) is 17.2 Å². The van der Waals surface area contributed by atoms with Gasteiger partial charge in [0.1, 0.15) is 5.75 Å². The summed E-state index contributed by atoms with van der Waals surface area (Å²) in [5.41, 5.74) is 0.937. The number of methoxy groups -OCH3 is 2. The predicted octanol–water partition coefficient (Wildman–Crippen LogP) is 2.76. The van der Waals surface area contributed by atoms with Crippen molar-refractivity contribution in [2.24, 2.45) is 0 Å². The Morgan fingerprint density at radius 3 is 2.39 bits per heavy atom. The molecular formula is C20H19NO7. The summed E-state index contributed by atoms with van der Waals surface area (Å²) in [6, 6.07) is 8.81. The van der Waals surface area contributed by atoms with Crippen LogP contribution < -0.4 is 14.8 Å². The van der Waals surface area contributed by atoms with Crippen molar-refractivity contribution in [1.29, 1.82) is 0 Å². The highest BCUT2D eigenvalue weighted by Crippen LogP contribution is 2.29. The zero-order valence-electron chi connectivity index (χ0n) is 15.5. The number of hydrogen-bond acceptors (Lipinski definition) is 7. The molecular weight excluding hydrogens is 366 g/mol. The number of phenols is 1. The molecule has 0 aliphatic heterocycles. The standard InChI is InChI=1S/C20H19NO7/c1-12(22)28-17-8-4-13(10-18(17)26-2)5-9-19(24)21-15-7-6-14(11-16(15)23)20(25)27-3/h4-11,23H,1-3H3,(H,21,24)/b9-5+. The maximum atomic E-state index is 12.1. The normalized spacial score (nSPS) is 10.4. The van der Waals surface area contributed by atoms with Crippen molar-refractivity contribution < 1.29 is 33.7 Å². The molecule has 0 bridgehead atoms. The van der Waals surface area contributed by atoms with Crippen LogP contribution in [0.1, 0.15) is 22.8 Å². The Morgan fingerprint density at radius 2 is 1.79 bits per heavy atom. The zero-order chi connectivity index (χ0) is 20.7. The van der Waals surface area contributed by atoms with Crippen LogP contribution in [0.3, 0.4) is 0 Å². The largest absolute Gasteiger partial charge is 0.506 e. The number of rotatable bonds is 6. The number of carbonyl (C=O) groups excluding carboxylic acids is 3. The first-order valence-corrected chi connectivity index (χ1v) is 8.11. The molecule has 8 heteroatoms. The maximum absolute atomic E-state index is 12.1. The van der Waals surface area contributed by atoms with Gasteiger partial charge in [0, 0.05) is 13.0 Å². The Balaban J connectivity index is 2.09. The fourth-order valence-electron chi connectivity index (χ4n) is 2.26. The van der Waals surface area contributed by atoms with Crippen LogP contribution in [-0.4, -0.2) is 37.2 Å². The van der Waals surface area contributed by atoms with Gasteiger partial charge >= 0.3 is 11.9 Å². The first-order chi connectivity index (χ1) is 13.3. The lowest BCUT2D eigenvalue weighted by atomic mass is 10.1. The molecule has 0 saturated carbocycles. The van der Waals surface area contributed by atoms with Crippen LogP contribution in [0.2, 0.25) is 0 Å². The Hall–Kier alpha value is -3.81. The molecule has 0 heterocycles. The fraction of sp³-hybridized carbons (Fsp3) is 0.150. The van der Waals surface area contributed by atoms with Gasteiger partial charge in [0.25, 0.3) is 0 Å². The van der Waals surface area contributed by atoms with Gasteiger partial charge in [0.2, 0.25) is 5.91 Å². The van der Waals surface area contributed by atoms with Crippen molar-refractivity contribution in [2.75, 3.05) is 19.5 Å². The number of aromatic hydroxyl groups is 1. The molecule has 0 aliphatic rings. The minimum atomic E-state index is -0.598. The number of phenolic OH excluding ortho intramolecular Hbond substituents is 1.